The van der Waals surface area contributed by atoms with Crippen molar-refractivity contribution in [1.82, 2.24) is 14.7 Å². The SMILES string of the molecule is CC1(C(=N)N)CCN(Cc2ccn(C3CCCC3)n2)CC1. The predicted octanol–water partition coefficient (Wildman–Crippen LogP) is 2.54. The number of amidine groups is 1. The van der Waals surface area contributed by atoms with Gasteiger partial charge in [0.1, 0.15) is 0 Å². The van der Waals surface area contributed by atoms with Gasteiger partial charge in [0.05, 0.1) is 17.6 Å². The van der Waals surface area contributed by atoms with E-state index in [0.29, 0.717) is 11.9 Å². The lowest BCUT2D eigenvalue weighted by molar-refractivity contribution is 0.154. The Morgan fingerprint density at radius 2 is 2.05 bits per heavy atom. The summed E-state index contributed by atoms with van der Waals surface area (Å²) in [4.78, 5) is 2.44. The van der Waals surface area contributed by atoms with Gasteiger partial charge in [0.2, 0.25) is 0 Å². The van der Waals surface area contributed by atoms with Crippen LogP contribution in [0.15, 0.2) is 12.3 Å². The van der Waals surface area contributed by atoms with E-state index in [0.717, 1.165) is 32.5 Å². The van der Waals surface area contributed by atoms with E-state index in [9.17, 15) is 0 Å². The van der Waals surface area contributed by atoms with Gasteiger partial charge in [-0.1, -0.05) is 19.8 Å². The molecule has 0 unspecified atom stereocenters. The Bertz CT molecular complexity index is 493. The molecule has 3 N–H and O–H groups in total. The molecule has 0 atom stereocenters. The van der Waals surface area contributed by atoms with Crippen LogP contribution in [0.1, 0.15) is 57.2 Å². The van der Waals surface area contributed by atoms with Crippen molar-refractivity contribution >= 4 is 5.84 Å². The van der Waals surface area contributed by atoms with E-state index in [4.69, 9.17) is 16.2 Å². The number of nitrogens with zero attached hydrogens (tertiary/aromatic N) is 3. The highest BCUT2D eigenvalue weighted by molar-refractivity contribution is 5.83. The molecule has 1 aromatic rings. The van der Waals surface area contributed by atoms with E-state index >= 15 is 0 Å². The van der Waals surface area contributed by atoms with Crippen molar-refractivity contribution in [3.05, 3.63) is 18.0 Å². The van der Waals surface area contributed by atoms with Crippen LogP contribution in [-0.2, 0) is 6.54 Å². The number of rotatable bonds is 4. The number of nitrogens with one attached hydrogen (secondary N) is 1. The van der Waals surface area contributed by atoms with Gasteiger partial charge in [0.25, 0.3) is 0 Å². The van der Waals surface area contributed by atoms with Gasteiger partial charge in [-0.25, -0.2) is 0 Å². The minimum absolute atomic E-state index is 0.0975. The third-order valence-corrected chi connectivity index (χ3v) is 5.36. The number of aromatic nitrogens is 2. The summed E-state index contributed by atoms with van der Waals surface area (Å²) in [6, 6.07) is 2.79. The van der Waals surface area contributed by atoms with Crippen LogP contribution in [0.25, 0.3) is 0 Å². The lowest BCUT2D eigenvalue weighted by Crippen LogP contribution is -2.44. The standard InChI is InChI=1S/C16H27N5/c1-16(15(17)18)7-10-20(11-8-16)12-13-6-9-21(19-13)14-4-2-3-5-14/h6,9,14H,2-5,7-8,10-12H2,1H3,(H3,17,18). The first-order valence-corrected chi connectivity index (χ1v) is 8.18. The van der Waals surface area contributed by atoms with Crippen LogP contribution in [0.2, 0.25) is 0 Å². The minimum Gasteiger partial charge on any atom is -0.387 e. The third kappa shape index (κ3) is 3.12. The van der Waals surface area contributed by atoms with Gasteiger partial charge in [-0.2, -0.15) is 5.10 Å². The summed E-state index contributed by atoms with van der Waals surface area (Å²) in [5.41, 5.74) is 6.80. The molecule has 0 bridgehead atoms. The van der Waals surface area contributed by atoms with E-state index in [2.05, 4.69) is 28.8 Å². The zero-order valence-electron chi connectivity index (χ0n) is 13.0. The van der Waals surface area contributed by atoms with E-state index in [1.807, 2.05) is 0 Å². The lowest BCUT2D eigenvalue weighted by atomic mass is 9.79. The average molecular weight is 289 g/mol. The maximum Gasteiger partial charge on any atom is 0.0966 e. The van der Waals surface area contributed by atoms with Crippen molar-refractivity contribution in [1.29, 1.82) is 5.41 Å². The van der Waals surface area contributed by atoms with Crippen LogP contribution in [0.5, 0.6) is 0 Å². The van der Waals surface area contributed by atoms with Gasteiger partial charge in [0, 0.05) is 18.2 Å². The van der Waals surface area contributed by atoms with Gasteiger partial charge < -0.3 is 5.73 Å². The molecular formula is C16H27N5. The quantitative estimate of drug-likeness (QED) is 0.661. The molecule has 5 nitrogen and oxygen atoms in total. The smallest absolute Gasteiger partial charge is 0.0966 e. The molecule has 1 saturated heterocycles. The highest BCUT2D eigenvalue weighted by Crippen LogP contribution is 2.31. The molecule has 5 heteroatoms. The molecule has 0 spiro atoms. The fraction of sp³-hybridized carbons (Fsp3) is 0.750. The topological polar surface area (TPSA) is 70.9 Å². The Balaban J connectivity index is 1.55. The third-order valence-electron chi connectivity index (χ3n) is 5.36. The van der Waals surface area contributed by atoms with Gasteiger partial charge in [-0.15, -0.1) is 0 Å². The summed E-state index contributed by atoms with van der Waals surface area (Å²) in [5, 5.41) is 12.5. The van der Waals surface area contributed by atoms with Crippen LogP contribution < -0.4 is 5.73 Å². The molecule has 1 aliphatic heterocycles. The molecule has 0 amide bonds. The normalized spacial score (nSPS) is 23.5. The average Bonchev–Trinajstić information content (AvgIpc) is 3.12. The summed E-state index contributed by atoms with van der Waals surface area (Å²) in [6.07, 6.45) is 9.35. The Hall–Kier alpha value is -1.36. The first kappa shape index (κ1) is 14.6. The Labute approximate surface area is 127 Å². The minimum atomic E-state index is -0.0975. The van der Waals surface area contributed by atoms with Gasteiger partial charge >= 0.3 is 0 Å². The number of piperidine rings is 1. The molecule has 0 radical (unpaired) electrons. The van der Waals surface area contributed by atoms with E-state index in [-0.39, 0.29) is 5.41 Å². The summed E-state index contributed by atoms with van der Waals surface area (Å²) in [6.45, 7) is 5.05. The van der Waals surface area contributed by atoms with Gasteiger partial charge in [-0.05, 0) is 44.8 Å². The van der Waals surface area contributed by atoms with Crippen molar-refractivity contribution in [2.24, 2.45) is 11.1 Å². The second kappa shape index (κ2) is 5.79. The zero-order chi connectivity index (χ0) is 14.9. The Morgan fingerprint density at radius 3 is 2.67 bits per heavy atom. The fourth-order valence-electron chi connectivity index (χ4n) is 3.54. The molecule has 1 aliphatic carbocycles. The van der Waals surface area contributed by atoms with E-state index in [1.54, 1.807) is 0 Å². The van der Waals surface area contributed by atoms with Gasteiger partial charge in [-0.3, -0.25) is 15.0 Å². The summed E-state index contributed by atoms with van der Waals surface area (Å²) in [5.74, 6) is 0.340. The second-order valence-electron chi connectivity index (χ2n) is 6.98. The van der Waals surface area contributed by atoms with Crippen molar-refractivity contribution in [3.8, 4) is 0 Å². The molecular weight excluding hydrogens is 262 g/mol. The molecule has 1 saturated carbocycles. The number of nitrogens with two attached hydrogens (primary N) is 1. The molecule has 21 heavy (non-hydrogen) atoms. The molecule has 116 valence electrons. The first-order chi connectivity index (χ1) is 10.1. The zero-order valence-corrected chi connectivity index (χ0v) is 13.0. The fourth-order valence-corrected chi connectivity index (χ4v) is 3.54. The van der Waals surface area contributed by atoms with Crippen molar-refractivity contribution in [2.45, 2.75) is 58.0 Å². The van der Waals surface area contributed by atoms with Crippen LogP contribution in [0, 0.1) is 10.8 Å². The Kier molecular flexibility index (Phi) is 4.02. The monoisotopic (exact) mass is 289 g/mol. The molecule has 3 rings (SSSR count). The highest BCUT2D eigenvalue weighted by atomic mass is 15.3. The number of likely N-dealkylation sites (tertiary alicyclic amines) is 1. The van der Waals surface area contributed by atoms with Crippen LogP contribution in [0.3, 0.4) is 0 Å². The maximum atomic E-state index is 7.72. The first-order valence-electron chi connectivity index (χ1n) is 8.18. The molecule has 2 heterocycles. The van der Waals surface area contributed by atoms with Crippen LogP contribution >= 0.6 is 0 Å². The summed E-state index contributed by atoms with van der Waals surface area (Å²) >= 11 is 0. The van der Waals surface area contributed by atoms with Crippen molar-refractivity contribution in [2.75, 3.05) is 13.1 Å². The highest BCUT2D eigenvalue weighted by Gasteiger charge is 2.33. The summed E-state index contributed by atoms with van der Waals surface area (Å²) < 4.78 is 2.17. The predicted molar refractivity (Wildman–Crippen MR) is 84.3 cm³/mol. The second-order valence-corrected chi connectivity index (χ2v) is 6.98. The van der Waals surface area contributed by atoms with Gasteiger partial charge in [0.15, 0.2) is 0 Å². The number of hydrogen-bond donors (Lipinski definition) is 2. The largest absolute Gasteiger partial charge is 0.387 e. The molecule has 2 aliphatic rings. The van der Waals surface area contributed by atoms with Crippen LogP contribution in [0.4, 0.5) is 0 Å². The van der Waals surface area contributed by atoms with Crippen LogP contribution in [-0.4, -0.2) is 33.6 Å². The summed E-state index contributed by atoms with van der Waals surface area (Å²) in [7, 11) is 0. The molecule has 2 fully saturated rings. The molecule has 1 aromatic heterocycles. The molecule has 0 aromatic carbocycles. The van der Waals surface area contributed by atoms with E-state index < -0.39 is 0 Å². The van der Waals surface area contributed by atoms with Crippen molar-refractivity contribution < 1.29 is 0 Å². The lowest BCUT2D eigenvalue weighted by Gasteiger charge is -2.38. The van der Waals surface area contributed by atoms with E-state index in [1.165, 1.54) is 31.4 Å². The number of hydrogen-bond acceptors (Lipinski definition) is 3. The van der Waals surface area contributed by atoms with Crippen molar-refractivity contribution in [3.63, 3.8) is 0 Å². The Morgan fingerprint density at radius 1 is 1.38 bits per heavy atom. The maximum absolute atomic E-state index is 7.72.